The molecule has 0 aliphatic carbocycles. The van der Waals surface area contributed by atoms with E-state index < -0.39 is 0 Å². The van der Waals surface area contributed by atoms with Crippen LogP contribution in [0.1, 0.15) is 28.4 Å². The van der Waals surface area contributed by atoms with Gasteiger partial charge in [0.2, 0.25) is 0 Å². The second-order valence-electron chi connectivity index (χ2n) is 4.37. The van der Waals surface area contributed by atoms with E-state index in [1.54, 1.807) is 18.1 Å². The molecule has 4 heteroatoms. The summed E-state index contributed by atoms with van der Waals surface area (Å²) in [7, 11) is 1.62. The van der Waals surface area contributed by atoms with Gasteiger partial charge in [-0.1, -0.05) is 11.8 Å². The fourth-order valence-corrected chi connectivity index (χ4v) is 1.86. The lowest BCUT2D eigenvalue weighted by Gasteiger charge is -2.20. The van der Waals surface area contributed by atoms with Gasteiger partial charge in [-0.25, -0.2) is 0 Å². The summed E-state index contributed by atoms with van der Waals surface area (Å²) in [5.41, 5.74) is 2.41. The molecule has 0 fully saturated rings. The fraction of sp³-hybridized carbons (Fsp3) is 0.438. The minimum atomic E-state index is -0.166. The lowest BCUT2D eigenvalue weighted by Crippen LogP contribution is -2.33. The SMILES string of the molecule is CCN(CCOC)C(=O)c1ccc(C#CCO)c(C)c1. The number of hydrogen-bond donors (Lipinski definition) is 1. The Morgan fingerprint density at radius 2 is 2.20 bits per heavy atom. The first kappa shape index (κ1) is 16.2. The lowest BCUT2D eigenvalue weighted by atomic mass is 10.0. The number of hydrogen-bond acceptors (Lipinski definition) is 3. The summed E-state index contributed by atoms with van der Waals surface area (Å²) in [5.74, 6) is 5.47. The normalized spacial score (nSPS) is 9.80. The van der Waals surface area contributed by atoms with Crippen LogP contribution < -0.4 is 0 Å². The van der Waals surface area contributed by atoms with Crippen molar-refractivity contribution in [2.75, 3.05) is 33.4 Å². The molecule has 0 bridgehead atoms. The van der Waals surface area contributed by atoms with E-state index in [-0.39, 0.29) is 12.5 Å². The minimum absolute atomic E-state index is 0.00526. The summed E-state index contributed by atoms with van der Waals surface area (Å²) in [4.78, 5) is 14.1. The third kappa shape index (κ3) is 4.37. The molecule has 0 spiro atoms. The molecule has 108 valence electrons. The number of carbonyl (C=O) groups is 1. The van der Waals surface area contributed by atoms with Gasteiger partial charge in [0, 0.05) is 31.3 Å². The summed E-state index contributed by atoms with van der Waals surface area (Å²) in [6.07, 6.45) is 0. The Hall–Kier alpha value is -1.83. The van der Waals surface area contributed by atoms with Gasteiger partial charge >= 0.3 is 0 Å². The zero-order chi connectivity index (χ0) is 15.0. The van der Waals surface area contributed by atoms with Gasteiger partial charge in [-0.15, -0.1) is 0 Å². The van der Waals surface area contributed by atoms with E-state index in [2.05, 4.69) is 11.8 Å². The standard InChI is InChI=1S/C16H21NO3/c1-4-17(9-11-20-3)16(19)15-8-7-14(6-5-10-18)13(2)12-15/h7-8,12,18H,4,9-11H2,1-3H3. The first-order valence-electron chi connectivity index (χ1n) is 6.62. The first-order valence-corrected chi connectivity index (χ1v) is 6.62. The summed E-state index contributed by atoms with van der Waals surface area (Å²) < 4.78 is 5.01. The topological polar surface area (TPSA) is 49.8 Å². The van der Waals surface area contributed by atoms with Crippen molar-refractivity contribution in [3.8, 4) is 11.8 Å². The average molecular weight is 275 g/mol. The van der Waals surface area contributed by atoms with Gasteiger partial charge in [-0.05, 0) is 37.6 Å². The molecule has 1 N–H and O–H groups in total. The largest absolute Gasteiger partial charge is 0.384 e. The maximum atomic E-state index is 12.4. The highest BCUT2D eigenvalue weighted by molar-refractivity contribution is 5.94. The second kappa shape index (κ2) is 8.36. The van der Waals surface area contributed by atoms with Crippen molar-refractivity contribution < 1.29 is 14.6 Å². The average Bonchev–Trinajstić information content (AvgIpc) is 2.46. The molecule has 0 aromatic heterocycles. The molecule has 1 aromatic rings. The van der Waals surface area contributed by atoms with Gasteiger partial charge in [-0.2, -0.15) is 0 Å². The Morgan fingerprint density at radius 3 is 2.75 bits per heavy atom. The molecule has 1 rings (SSSR count). The van der Waals surface area contributed by atoms with Crippen LogP contribution in [-0.4, -0.2) is 49.3 Å². The Bertz CT molecular complexity index is 514. The van der Waals surface area contributed by atoms with Crippen molar-refractivity contribution in [2.24, 2.45) is 0 Å². The first-order chi connectivity index (χ1) is 9.63. The van der Waals surface area contributed by atoms with Crippen LogP contribution in [0.2, 0.25) is 0 Å². The summed E-state index contributed by atoms with van der Waals surface area (Å²) in [6.45, 7) is 5.44. The summed E-state index contributed by atoms with van der Waals surface area (Å²) in [5, 5.41) is 8.70. The van der Waals surface area contributed by atoms with E-state index in [1.165, 1.54) is 0 Å². The third-order valence-corrected chi connectivity index (χ3v) is 3.01. The van der Waals surface area contributed by atoms with Gasteiger partial charge in [-0.3, -0.25) is 4.79 Å². The number of aliphatic hydroxyl groups excluding tert-OH is 1. The molecule has 0 aliphatic heterocycles. The smallest absolute Gasteiger partial charge is 0.253 e. The Kier molecular flexibility index (Phi) is 6.78. The number of ether oxygens (including phenoxy) is 1. The van der Waals surface area contributed by atoms with E-state index in [4.69, 9.17) is 9.84 Å². The number of aliphatic hydroxyl groups is 1. The maximum Gasteiger partial charge on any atom is 0.253 e. The molecular formula is C16H21NO3. The van der Waals surface area contributed by atoms with Crippen molar-refractivity contribution in [3.63, 3.8) is 0 Å². The van der Waals surface area contributed by atoms with Gasteiger partial charge in [0.15, 0.2) is 0 Å². The highest BCUT2D eigenvalue weighted by atomic mass is 16.5. The monoisotopic (exact) mass is 275 g/mol. The van der Waals surface area contributed by atoms with E-state index in [9.17, 15) is 4.79 Å². The lowest BCUT2D eigenvalue weighted by molar-refractivity contribution is 0.0706. The van der Waals surface area contributed by atoms with Gasteiger partial charge in [0.25, 0.3) is 5.91 Å². The summed E-state index contributed by atoms with van der Waals surface area (Å²) in [6, 6.07) is 5.42. The van der Waals surface area contributed by atoms with E-state index in [0.717, 1.165) is 11.1 Å². The van der Waals surface area contributed by atoms with E-state index in [1.807, 2.05) is 26.0 Å². The molecular weight excluding hydrogens is 254 g/mol. The highest BCUT2D eigenvalue weighted by Gasteiger charge is 2.14. The van der Waals surface area contributed by atoms with Crippen molar-refractivity contribution in [1.29, 1.82) is 0 Å². The molecule has 0 saturated carbocycles. The molecule has 0 aliphatic rings. The number of nitrogens with zero attached hydrogens (tertiary/aromatic N) is 1. The molecule has 1 aromatic carbocycles. The second-order valence-corrected chi connectivity index (χ2v) is 4.37. The highest BCUT2D eigenvalue weighted by Crippen LogP contribution is 2.12. The molecule has 4 nitrogen and oxygen atoms in total. The number of amides is 1. The number of methoxy groups -OCH3 is 1. The predicted octanol–water partition coefficient (Wildman–Crippen LogP) is 1.45. The molecule has 20 heavy (non-hydrogen) atoms. The number of carbonyl (C=O) groups excluding carboxylic acids is 1. The van der Waals surface area contributed by atoms with E-state index in [0.29, 0.717) is 25.3 Å². The van der Waals surface area contributed by atoms with Crippen molar-refractivity contribution in [1.82, 2.24) is 4.90 Å². The van der Waals surface area contributed by atoms with Gasteiger partial charge < -0.3 is 14.7 Å². The third-order valence-electron chi connectivity index (χ3n) is 3.01. The van der Waals surface area contributed by atoms with Crippen molar-refractivity contribution in [3.05, 3.63) is 34.9 Å². The van der Waals surface area contributed by atoms with Crippen LogP contribution in [0.15, 0.2) is 18.2 Å². The zero-order valence-corrected chi connectivity index (χ0v) is 12.3. The Labute approximate surface area is 120 Å². The Morgan fingerprint density at radius 1 is 1.45 bits per heavy atom. The number of aryl methyl sites for hydroxylation is 1. The van der Waals surface area contributed by atoms with Crippen LogP contribution in [-0.2, 0) is 4.74 Å². The van der Waals surface area contributed by atoms with Crippen LogP contribution in [0.25, 0.3) is 0 Å². The van der Waals surface area contributed by atoms with E-state index >= 15 is 0 Å². The van der Waals surface area contributed by atoms with Crippen LogP contribution in [0.4, 0.5) is 0 Å². The summed E-state index contributed by atoms with van der Waals surface area (Å²) >= 11 is 0. The van der Waals surface area contributed by atoms with Crippen LogP contribution in [0.3, 0.4) is 0 Å². The molecule has 0 saturated heterocycles. The van der Waals surface area contributed by atoms with Crippen LogP contribution >= 0.6 is 0 Å². The number of benzene rings is 1. The van der Waals surface area contributed by atoms with Crippen LogP contribution in [0, 0.1) is 18.8 Å². The number of likely N-dealkylation sites (N-methyl/N-ethyl adjacent to an activating group) is 1. The molecule has 1 amide bonds. The van der Waals surface area contributed by atoms with Crippen molar-refractivity contribution >= 4 is 5.91 Å². The zero-order valence-electron chi connectivity index (χ0n) is 12.3. The minimum Gasteiger partial charge on any atom is -0.384 e. The maximum absolute atomic E-state index is 12.4. The molecule has 0 radical (unpaired) electrons. The molecule has 0 unspecified atom stereocenters. The Balaban J connectivity index is 2.90. The van der Waals surface area contributed by atoms with Crippen molar-refractivity contribution in [2.45, 2.75) is 13.8 Å². The van der Waals surface area contributed by atoms with Gasteiger partial charge in [0.05, 0.1) is 6.61 Å². The quantitative estimate of drug-likeness (QED) is 0.827. The van der Waals surface area contributed by atoms with Crippen LogP contribution in [0.5, 0.6) is 0 Å². The fourth-order valence-electron chi connectivity index (χ4n) is 1.86. The number of rotatable bonds is 5. The van der Waals surface area contributed by atoms with Gasteiger partial charge in [0.1, 0.15) is 6.61 Å². The molecule has 0 heterocycles. The predicted molar refractivity (Wildman–Crippen MR) is 78.6 cm³/mol. The molecule has 0 atom stereocenters.